The molecule has 1 aliphatic heterocycles. The van der Waals surface area contributed by atoms with Crippen molar-refractivity contribution in [3.05, 3.63) is 39.9 Å². The summed E-state index contributed by atoms with van der Waals surface area (Å²) < 4.78 is 12.7. The monoisotopic (exact) mass is 537 g/mol. The fraction of sp³-hybridized carbons (Fsp3) is 0.593. The van der Waals surface area contributed by atoms with Crippen molar-refractivity contribution in [3.63, 3.8) is 0 Å². The lowest BCUT2D eigenvalue weighted by molar-refractivity contribution is -0.156. The van der Waals surface area contributed by atoms with Crippen LogP contribution in [0.15, 0.2) is 29.3 Å². The van der Waals surface area contributed by atoms with Crippen molar-refractivity contribution in [2.24, 2.45) is 11.3 Å². The van der Waals surface area contributed by atoms with E-state index in [1.807, 2.05) is 25.1 Å². The zero-order chi connectivity index (χ0) is 26.6. The van der Waals surface area contributed by atoms with Gasteiger partial charge in [-0.05, 0) is 38.0 Å². The molecule has 2 N–H and O–H groups in total. The maximum Gasteiger partial charge on any atom is 0.309 e. The first-order valence-corrected chi connectivity index (χ1v) is 13.6. The van der Waals surface area contributed by atoms with Gasteiger partial charge in [0.15, 0.2) is 0 Å². The number of ketones is 1. The Labute approximate surface area is 221 Å². The number of aliphatic hydroxyl groups excluding tert-OH is 2. The van der Waals surface area contributed by atoms with Crippen LogP contribution in [0.5, 0.6) is 0 Å². The van der Waals surface area contributed by atoms with Gasteiger partial charge in [0.25, 0.3) is 0 Å². The summed E-state index contributed by atoms with van der Waals surface area (Å²) in [7, 11) is 0. The van der Waals surface area contributed by atoms with E-state index in [0.717, 1.165) is 20.8 Å². The van der Waals surface area contributed by atoms with E-state index in [9.17, 15) is 19.8 Å². The Morgan fingerprint density at radius 2 is 1.97 bits per heavy atom. The highest BCUT2D eigenvalue weighted by Gasteiger charge is 2.43. The molecule has 0 fully saturated rings. The number of Topliss-reactive ketones (excluding diaryl/α,β-unsaturated/α-hetero) is 1. The number of benzene rings is 1. The minimum absolute atomic E-state index is 0.263. The Bertz CT molecular complexity index is 1110. The summed E-state index contributed by atoms with van der Waals surface area (Å²) in [6, 6.07) is 5.76. The molecule has 2 aromatic rings. The van der Waals surface area contributed by atoms with Gasteiger partial charge in [-0.15, -0.1) is 11.3 Å². The minimum atomic E-state index is -1.29. The Morgan fingerprint density at radius 1 is 1.25 bits per heavy atom. The smallest absolute Gasteiger partial charge is 0.309 e. The molecule has 7 nitrogen and oxygen atoms in total. The first-order valence-electron chi connectivity index (χ1n) is 12.4. The van der Waals surface area contributed by atoms with Gasteiger partial charge in [-0.3, -0.25) is 9.59 Å². The molecule has 5 atom stereocenters. The molecule has 1 aromatic heterocycles. The van der Waals surface area contributed by atoms with Crippen LogP contribution in [0.2, 0.25) is 0 Å². The number of aryl methyl sites for hydroxylation is 1. The van der Waals surface area contributed by atoms with E-state index in [1.54, 1.807) is 45.1 Å². The van der Waals surface area contributed by atoms with Crippen molar-refractivity contribution < 1.29 is 29.3 Å². The van der Waals surface area contributed by atoms with E-state index in [1.165, 1.54) is 0 Å². The second-order valence-electron chi connectivity index (χ2n) is 9.96. The molecule has 2 heterocycles. The molecule has 0 saturated heterocycles. The standard InChI is InChI=1S/C27H36ClNO6S/c1-6-19-25(32)15(2)34-12-11-18(28)8-9-21(17-7-10-22-20(13-17)29-16(3)36-22)35-24(31)14-23(30)27(4,5)26(19)33/h7-8,10,13,15,19,21,23,25,30,32H,6,9,11-12,14H2,1-5H3/b18-8-/t15-,19+,21-,23-,25+/m0/s1. The molecule has 0 amide bonds. The topological polar surface area (TPSA) is 106 Å². The summed E-state index contributed by atoms with van der Waals surface area (Å²) in [5.74, 6) is -1.69. The molecule has 36 heavy (non-hydrogen) atoms. The van der Waals surface area contributed by atoms with Gasteiger partial charge in [-0.2, -0.15) is 0 Å². The third-order valence-corrected chi connectivity index (χ3v) is 8.23. The quantitative estimate of drug-likeness (QED) is 0.504. The molecule has 3 rings (SSSR count). The number of fused-ring (bicyclic) bond motifs is 1. The zero-order valence-electron chi connectivity index (χ0n) is 21.5. The molecule has 1 aromatic carbocycles. The van der Waals surface area contributed by atoms with E-state index in [-0.39, 0.29) is 18.8 Å². The number of aromatic nitrogens is 1. The number of halogens is 1. The Hall–Kier alpha value is -1.84. The number of thiazole rings is 1. The van der Waals surface area contributed by atoms with E-state index in [2.05, 4.69) is 4.98 Å². The Kier molecular flexibility index (Phi) is 9.68. The fourth-order valence-corrected chi connectivity index (χ4v) is 5.43. The summed E-state index contributed by atoms with van der Waals surface area (Å²) in [6.07, 6.45) is -1.02. The van der Waals surface area contributed by atoms with Crippen LogP contribution in [0, 0.1) is 18.3 Å². The van der Waals surface area contributed by atoms with Crippen LogP contribution in [0.1, 0.15) is 70.1 Å². The van der Waals surface area contributed by atoms with Crippen LogP contribution in [-0.2, 0) is 19.1 Å². The highest BCUT2D eigenvalue weighted by Crippen LogP contribution is 2.34. The van der Waals surface area contributed by atoms with Crippen LogP contribution < -0.4 is 0 Å². The molecule has 1 aliphatic rings. The van der Waals surface area contributed by atoms with E-state index >= 15 is 0 Å². The number of cyclic esters (lactones) is 1. The van der Waals surface area contributed by atoms with Crippen molar-refractivity contribution in [2.45, 2.75) is 84.7 Å². The van der Waals surface area contributed by atoms with Gasteiger partial charge in [0.05, 0.1) is 52.0 Å². The lowest BCUT2D eigenvalue weighted by Crippen LogP contribution is -2.47. The molecule has 0 spiro atoms. The zero-order valence-corrected chi connectivity index (χ0v) is 23.1. The molecule has 0 unspecified atom stereocenters. The van der Waals surface area contributed by atoms with Gasteiger partial charge in [0.1, 0.15) is 11.9 Å². The van der Waals surface area contributed by atoms with Crippen LogP contribution in [0.25, 0.3) is 10.2 Å². The molecule has 0 aliphatic carbocycles. The largest absolute Gasteiger partial charge is 0.457 e. The summed E-state index contributed by atoms with van der Waals surface area (Å²) in [5, 5.41) is 23.2. The second kappa shape index (κ2) is 12.1. The SMILES string of the molecule is CC[C@H]1C(=O)C(C)(C)[C@@H](O)CC(=O)O[C@H](c2ccc3sc(C)nc3c2)C/C=C(\Cl)CCO[C@@H](C)[C@H]1O. The number of aliphatic hydroxyl groups is 2. The highest BCUT2D eigenvalue weighted by atomic mass is 35.5. The molecule has 0 radical (unpaired) electrons. The second-order valence-corrected chi connectivity index (χ2v) is 11.7. The van der Waals surface area contributed by atoms with Crippen molar-refractivity contribution in [2.75, 3.05) is 6.61 Å². The number of ether oxygens (including phenoxy) is 2. The molecule has 0 bridgehead atoms. The van der Waals surface area contributed by atoms with Gasteiger partial charge >= 0.3 is 5.97 Å². The average molecular weight is 538 g/mol. The summed E-state index contributed by atoms with van der Waals surface area (Å²) >= 11 is 8.02. The van der Waals surface area contributed by atoms with Gasteiger partial charge in [0.2, 0.25) is 0 Å². The average Bonchev–Trinajstić information content (AvgIpc) is 3.20. The molecule has 0 saturated carbocycles. The number of nitrogens with zero attached hydrogens (tertiary/aromatic N) is 1. The minimum Gasteiger partial charge on any atom is -0.457 e. The Morgan fingerprint density at radius 3 is 2.67 bits per heavy atom. The van der Waals surface area contributed by atoms with Gasteiger partial charge in [-0.25, -0.2) is 4.98 Å². The predicted molar refractivity (Wildman–Crippen MR) is 141 cm³/mol. The van der Waals surface area contributed by atoms with Gasteiger partial charge in [0, 0.05) is 23.8 Å². The normalized spacial score (nSPS) is 30.6. The van der Waals surface area contributed by atoms with E-state index < -0.39 is 41.7 Å². The Balaban J connectivity index is 1.92. The molecule has 9 heteroatoms. The van der Waals surface area contributed by atoms with Crippen LogP contribution in [0.4, 0.5) is 0 Å². The lowest BCUT2D eigenvalue weighted by atomic mass is 9.73. The first-order chi connectivity index (χ1) is 16.9. The van der Waals surface area contributed by atoms with Gasteiger partial charge in [-0.1, -0.05) is 44.5 Å². The fourth-order valence-electron chi connectivity index (χ4n) is 4.46. The first kappa shape index (κ1) is 28.7. The predicted octanol–water partition coefficient (Wildman–Crippen LogP) is 5.24. The maximum atomic E-state index is 13.4. The third-order valence-electron chi connectivity index (χ3n) is 6.94. The number of carbonyl (C=O) groups is 2. The number of carbonyl (C=O) groups excluding carboxylic acids is 2. The summed E-state index contributed by atoms with van der Waals surface area (Å²) in [6.45, 7) is 8.91. The van der Waals surface area contributed by atoms with E-state index in [4.69, 9.17) is 21.1 Å². The van der Waals surface area contributed by atoms with Crippen LogP contribution in [-0.4, -0.2) is 51.9 Å². The highest BCUT2D eigenvalue weighted by molar-refractivity contribution is 7.18. The molecule has 198 valence electrons. The van der Waals surface area contributed by atoms with Crippen LogP contribution >= 0.6 is 22.9 Å². The van der Waals surface area contributed by atoms with E-state index in [0.29, 0.717) is 24.3 Å². The van der Waals surface area contributed by atoms with Crippen molar-refractivity contribution in [3.8, 4) is 0 Å². The van der Waals surface area contributed by atoms with Crippen molar-refractivity contribution >= 4 is 44.9 Å². The number of esters is 1. The third kappa shape index (κ3) is 6.72. The molecular formula is C27H36ClNO6S. The number of hydrogen-bond donors (Lipinski definition) is 2. The molecular weight excluding hydrogens is 502 g/mol. The maximum absolute atomic E-state index is 13.4. The number of hydrogen-bond acceptors (Lipinski definition) is 8. The van der Waals surface area contributed by atoms with Crippen molar-refractivity contribution in [1.82, 2.24) is 4.98 Å². The number of rotatable bonds is 2. The van der Waals surface area contributed by atoms with Crippen molar-refractivity contribution in [1.29, 1.82) is 0 Å². The van der Waals surface area contributed by atoms with Gasteiger partial charge < -0.3 is 19.7 Å². The van der Waals surface area contributed by atoms with Crippen LogP contribution in [0.3, 0.4) is 0 Å². The summed E-state index contributed by atoms with van der Waals surface area (Å²) in [4.78, 5) is 30.9. The summed E-state index contributed by atoms with van der Waals surface area (Å²) in [5.41, 5.74) is 0.325. The lowest BCUT2D eigenvalue weighted by Gasteiger charge is -2.35.